The Morgan fingerprint density at radius 2 is 1.69 bits per heavy atom. The number of halogens is 4. The van der Waals surface area contributed by atoms with E-state index in [1.807, 2.05) is 31.2 Å². The summed E-state index contributed by atoms with van der Waals surface area (Å²) < 4.78 is 61.6. The zero-order valence-corrected chi connectivity index (χ0v) is 20.5. The second-order valence-electron chi connectivity index (χ2n) is 8.91. The van der Waals surface area contributed by atoms with Crippen molar-refractivity contribution in [1.29, 1.82) is 0 Å². The Balaban J connectivity index is 1.64. The first-order valence-electron chi connectivity index (χ1n) is 11.8. The fraction of sp³-hybridized carbons (Fsp3) is 0.100. The van der Waals surface area contributed by atoms with E-state index in [4.69, 9.17) is 4.74 Å². The van der Waals surface area contributed by atoms with Crippen molar-refractivity contribution < 1.29 is 27.2 Å². The van der Waals surface area contributed by atoms with Crippen LogP contribution in [0.2, 0.25) is 0 Å². The smallest absolute Gasteiger partial charge is 0.418 e. The first-order chi connectivity index (χ1) is 18.6. The van der Waals surface area contributed by atoms with E-state index >= 15 is 0 Å². The highest BCUT2D eigenvalue weighted by Crippen LogP contribution is 2.42. The zero-order valence-electron chi connectivity index (χ0n) is 20.5. The molecule has 0 unspecified atom stereocenters. The number of aryl methyl sites for hydroxylation is 1. The van der Waals surface area contributed by atoms with Gasteiger partial charge in [-0.2, -0.15) is 13.2 Å². The number of pyridine rings is 1. The molecule has 0 spiro atoms. The number of para-hydroxylation sites is 1. The van der Waals surface area contributed by atoms with Gasteiger partial charge in [0.1, 0.15) is 18.2 Å². The number of hydrogen-bond donors (Lipinski definition) is 0. The van der Waals surface area contributed by atoms with Crippen LogP contribution in [-0.2, 0) is 12.8 Å². The Hall–Kier alpha value is -4.79. The second-order valence-corrected chi connectivity index (χ2v) is 8.91. The van der Waals surface area contributed by atoms with E-state index in [1.165, 1.54) is 12.3 Å². The number of hydrogen-bond acceptors (Lipinski definition) is 4. The third-order valence-corrected chi connectivity index (χ3v) is 6.40. The van der Waals surface area contributed by atoms with E-state index in [0.29, 0.717) is 27.8 Å². The van der Waals surface area contributed by atoms with Crippen LogP contribution in [0.3, 0.4) is 0 Å². The maximum Gasteiger partial charge on any atom is 0.418 e. The number of aromatic nitrogens is 1. The standard InChI is InChI=1S/C30H20F4N2O3/c1-18-6-2-3-9-23(18)25-16-35-29-24(10-5-11-26(29)30(32,33)34)28(25)19-7-4-8-22(15-19)39-17-20-14-21(36(37)38)12-13-27(20)31/h2-16H,17H2,1H3. The Morgan fingerprint density at radius 3 is 2.44 bits per heavy atom. The molecular weight excluding hydrogens is 512 g/mol. The number of benzene rings is 4. The molecule has 0 fully saturated rings. The van der Waals surface area contributed by atoms with Crippen LogP contribution in [0.4, 0.5) is 23.2 Å². The van der Waals surface area contributed by atoms with Gasteiger partial charge in [-0.15, -0.1) is 0 Å². The van der Waals surface area contributed by atoms with Crippen LogP contribution in [0.5, 0.6) is 5.75 Å². The van der Waals surface area contributed by atoms with Gasteiger partial charge in [-0.3, -0.25) is 15.1 Å². The van der Waals surface area contributed by atoms with Crippen LogP contribution >= 0.6 is 0 Å². The molecule has 5 nitrogen and oxygen atoms in total. The molecule has 1 heterocycles. The molecule has 0 saturated heterocycles. The Kier molecular flexibility index (Phi) is 6.74. The number of alkyl halides is 3. The number of nitro groups is 1. The van der Waals surface area contributed by atoms with E-state index in [0.717, 1.165) is 35.4 Å². The highest BCUT2D eigenvalue weighted by atomic mass is 19.4. The van der Waals surface area contributed by atoms with Crippen molar-refractivity contribution >= 4 is 16.6 Å². The molecule has 0 aliphatic carbocycles. The van der Waals surface area contributed by atoms with Gasteiger partial charge in [-0.05, 0) is 47.9 Å². The molecule has 0 N–H and O–H groups in total. The van der Waals surface area contributed by atoms with Gasteiger partial charge in [0.2, 0.25) is 0 Å². The summed E-state index contributed by atoms with van der Waals surface area (Å²) in [6.07, 6.45) is -3.15. The fourth-order valence-corrected chi connectivity index (χ4v) is 4.53. The molecule has 0 bridgehead atoms. The lowest BCUT2D eigenvalue weighted by molar-refractivity contribution is -0.385. The van der Waals surface area contributed by atoms with E-state index in [9.17, 15) is 27.7 Å². The second kappa shape index (κ2) is 10.2. The summed E-state index contributed by atoms with van der Waals surface area (Å²) in [5, 5.41) is 11.4. The predicted molar refractivity (Wildman–Crippen MR) is 140 cm³/mol. The molecular formula is C30H20F4N2O3. The first-order valence-corrected chi connectivity index (χ1v) is 11.8. The van der Waals surface area contributed by atoms with Crippen LogP contribution in [0.15, 0.2) is 91.1 Å². The highest BCUT2D eigenvalue weighted by molar-refractivity contribution is 6.03. The Labute approximate surface area is 220 Å². The average Bonchev–Trinajstić information content (AvgIpc) is 2.91. The summed E-state index contributed by atoms with van der Waals surface area (Å²) in [4.78, 5) is 14.7. The fourth-order valence-electron chi connectivity index (χ4n) is 4.53. The summed E-state index contributed by atoms with van der Waals surface area (Å²) in [6, 6.07) is 21.3. The van der Waals surface area contributed by atoms with Crippen molar-refractivity contribution in [2.45, 2.75) is 19.7 Å². The van der Waals surface area contributed by atoms with Crippen LogP contribution in [0, 0.1) is 22.9 Å². The normalized spacial score (nSPS) is 11.5. The van der Waals surface area contributed by atoms with Gasteiger partial charge in [0.05, 0.1) is 16.0 Å². The quantitative estimate of drug-likeness (QED) is 0.125. The molecule has 1 aromatic heterocycles. The van der Waals surface area contributed by atoms with E-state index in [-0.39, 0.29) is 23.4 Å². The maximum atomic E-state index is 14.3. The third-order valence-electron chi connectivity index (χ3n) is 6.40. The molecule has 9 heteroatoms. The van der Waals surface area contributed by atoms with Crippen molar-refractivity contribution in [3.63, 3.8) is 0 Å². The van der Waals surface area contributed by atoms with E-state index < -0.39 is 22.5 Å². The van der Waals surface area contributed by atoms with Crippen molar-refractivity contribution in [3.8, 4) is 28.0 Å². The molecule has 0 aliphatic rings. The monoisotopic (exact) mass is 532 g/mol. The van der Waals surface area contributed by atoms with Crippen molar-refractivity contribution in [3.05, 3.63) is 124 Å². The predicted octanol–water partition coefficient (Wildman–Crippen LogP) is 8.52. The highest BCUT2D eigenvalue weighted by Gasteiger charge is 2.33. The zero-order chi connectivity index (χ0) is 27.7. The van der Waals surface area contributed by atoms with Gasteiger partial charge in [-0.25, -0.2) is 4.39 Å². The van der Waals surface area contributed by atoms with Crippen molar-refractivity contribution in [2.75, 3.05) is 0 Å². The molecule has 4 aromatic carbocycles. The number of rotatable bonds is 6. The summed E-state index contributed by atoms with van der Waals surface area (Å²) in [7, 11) is 0. The van der Waals surface area contributed by atoms with Crippen LogP contribution < -0.4 is 4.74 Å². The van der Waals surface area contributed by atoms with E-state index in [1.54, 1.807) is 30.3 Å². The topological polar surface area (TPSA) is 65.3 Å². The number of non-ortho nitro benzene ring substituents is 1. The molecule has 0 radical (unpaired) electrons. The van der Waals surface area contributed by atoms with Gasteiger partial charge >= 0.3 is 6.18 Å². The van der Waals surface area contributed by atoms with Gasteiger partial charge in [0.25, 0.3) is 5.69 Å². The average molecular weight is 532 g/mol. The largest absolute Gasteiger partial charge is 0.489 e. The summed E-state index contributed by atoms with van der Waals surface area (Å²) in [5.41, 5.74) is 2.18. The number of nitrogens with zero attached hydrogens (tertiary/aromatic N) is 2. The minimum atomic E-state index is -4.60. The summed E-state index contributed by atoms with van der Waals surface area (Å²) in [6.45, 7) is 1.62. The summed E-state index contributed by atoms with van der Waals surface area (Å²) >= 11 is 0. The molecule has 5 aromatic rings. The van der Waals surface area contributed by atoms with E-state index in [2.05, 4.69) is 4.98 Å². The van der Waals surface area contributed by atoms with Gasteiger partial charge in [-0.1, -0.05) is 48.5 Å². The minimum Gasteiger partial charge on any atom is -0.489 e. The molecule has 0 saturated carbocycles. The van der Waals surface area contributed by atoms with Crippen molar-refractivity contribution in [1.82, 2.24) is 4.98 Å². The van der Waals surface area contributed by atoms with Crippen LogP contribution in [-0.4, -0.2) is 9.91 Å². The number of fused-ring (bicyclic) bond motifs is 1. The molecule has 5 rings (SSSR count). The number of nitro benzene ring substituents is 1. The lowest BCUT2D eigenvalue weighted by atomic mass is 9.90. The van der Waals surface area contributed by atoms with Crippen LogP contribution in [0.25, 0.3) is 33.2 Å². The van der Waals surface area contributed by atoms with Crippen molar-refractivity contribution in [2.24, 2.45) is 0 Å². The molecule has 0 amide bonds. The maximum absolute atomic E-state index is 14.3. The summed E-state index contributed by atoms with van der Waals surface area (Å²) in [5.74, 6) is -0.343. The number of ether oxygens (including phenoxy) is 1. The Bertz CT molecular complexity index is 1720. The molecule has 0 aliphatic heterocycles. The lowest BCUT2D eigenvalue weighted by Gasteiger charge is -2.18. The SMILES string of the molecule is Cc1ccccc1-c1cnc2c(C(F)(F)F)cccc2c1-c1cccc(OCc2cc([N+](=O)[O-])ccc2F)c1. The van der Waals surface area contributed by atoms with Gasteiger partial charge in [0, 0.05) is 40.4 Å². The first kappa shape index (κ1) is 25.8. The van der Waals surface area contributed by atoms with Gasteiger partial charge in [0.15, 0.2) is 0 Å². The Morgan fingerprint density at radius 1 is 0.923 bits per heavy atom. The molecule has 196 valence electrons. The van der Waals surface area contributed by atoms with Crippen LogP contribution in [0.1, 0.15) is 16.7 Å². The molecule has 39 heavy (non-hydrogen) atoms. The third kappa shape index (κ3) is 5.16. The molecule has 0 atom stereocenters. The minimum absolute atomic E-state index is 0.000572. The van der Waals surface area contributed by atoms with Gasteiger partial charge < -0.3 is 4.74 Å². The lowest BCUT2D eigenvalue weighted by Crippen LogP contribution is -2.07.